The Bertz CT molecular complexity index is 1010. The zero-order chi connectivity index (χ0) is 16.9. The zero-order valence-corrected chi connectivity index (χ0v) is 14.3. The third-order valence-electron chi connectivity index (χ3n) is 4.14. The summed E-state index contributed by atoms with van der Waals surface area (Å²) in [6.07, 6.45) is 1.87. The summed E-state index contributed by atoms with van der Waals surface area (Å²) in [6.45, 7) is 4.09. The van der Waals surface area contributed by atoms with Gasteiger partial charge in [0.15, 0.2) is 0 Å². The molecular formula is C17H18ClN3O2. The van der Waals surface area contributed by atoms with E-state index >= 15 is 0 Å². The van der Waals surface area contributed by atoms with E-state index in [9.17, 15) is 9.59 Å². The van der Waals surface area contributed by atoms with Crippen LogP contribution < -0.4 is 11.2 Å². The van der Waals surface area contributed by atoms with Crippen LogP contribution in [-0.2, 0) is 14.1 Å². The van der Waals surface area contributed by atoms with E-state index in [0.717, 1.165) is 15.8 Å². The van der Waals surface area contributed by atoms with Crippen molar-refractivity contribution in [1.29, 1.82) is 0 Å². The molecule has 3 rings (SSSR count). The highest BCUT2D eigenvalue weighted by molar-refractivity contribution is 6.30. The highest BCUT2D eigenvalue weighted by atomic mass is 35.5. The molecule has 6 heteroatoms. The molecule has 0 fully saturated rings. The predicted octanol–water partition coefficient (Wildman–Crippen LogP) is 2.94. The number of hydrogen-bond acceptors (Lipinski definition) is 2. The van der Waals surface area contributed by atoms with Gasteiger partial charge in [-0.15, -0.1) is 0 Å². The van der Waals surface area contributed by atoms with Crippen LogP contribution in [0.5, 0.6) is 0 Å². The summed E-state index contributed by atoms with van der Waals surface area (Å²) in [6, 6.07) is 7.52. The molecule has 23 heavy (non-hydrogen) atoms. The van der Waals surface area contributed by atoms with Gasteiger partial charge in [0.1, 0.15) is 0 Å². The van der Waals surface area contributed by atoms with E-state index < -0.39 is 0 Å². The van der Waals surface area contributed by atoms with Gasteiger partial charge >= 0.3 is 5.69 Å². The molecule has 0 spiro atoms. The molecule has 0 radical (unpaired) electrons. The Kier molecular flexibility index (Phi) is 3.68. The maximum Gasteiger partial charge on any atom is 0.330 e. The molecule has 0 aliphatic carbocycles. The topological polar surface area (TPSA) is 48.9 Å². The first kappa shape index (κ1) is 15.6. The number of fused-ring (bicyclic) bond motifs is 1. The van der Waals surface area contributed by atoms with Crippen LogP contribution >= 0.6 is 11.6 Å². The first-order chi connectivity index (χ1) is 10.8. The van der Waals surface area contributed by atoms with Gasteiger partial charge in [0.2, 0.25) is 0 Å². The van der Waals surface area contributed by atoms with Crippen molar-refractivity contribution < 1.29 is 0 Å². The highest BCUT2D eigenvalue weighted by Crippen LogP contribution is 2.31. The molecule has 0 unspecified atom stereocenters. The summed E-state index contributed by atoms with van der Waals surface area (Å²) in [5.41, 5.74) is 1.73. The van der Waals surface area contributed by atoms with Crippen LogP contribution in [-0.4, -0.2) is 13.7 Å². The largest absolute Gasteiger partial charge is 0.342 e. The van der Waals surface area contributed by atoms with Gasteiger partial charge < -0.3 is 4.57 Å². The molecule has 0 amide bonds. The standard InChI is InChI=1S/C17H18ClN3O2/c1-10(2)21-9-13-14(16(22)20(4)17(23)19(13)3)15(21)11-5-7-12(18)8-6-11/h5-10H,1-4H3. The molecular weight excluding hydrogens is 314 g/mol. The van der Waals surface area contributed by atoms with Crippen LogP contribution in [0.25, 0.3) is 22.2 Å². The van der Waals surface area contributed by atoms with Crippen LogP contribution in [0.2, 0.25) is 5.02 Å². The van der Waals surface area contributed by atoms with Crippen molar-refractivity contribution in [1.82, 2.24) is 13.7 Å². The minimum atomic E-state index is -0.328. The fourth-order valence-electron chi connectivity index (χ4n) is 2.87. The zero-order valence-electron chi connectivity index (χ0n) is 13.5. The van der Waals surface area contributed by atoms with Gasteiger partial charge in [-0.25, -0.2) is 4.79 Å². The van der Waals surface area contributed by atoms with Crippen molar-refractivity contribution in [3.05, 3.63) is 56.3 Å². The Morgan fingerprint density at radius 2 is 1.61 bits per heavy atom. The fraction of sp³-hybridized carbons (Fsp3) is 0.294. The Balaban J connectivity index is 2.53. The second kappa shape index (κ2) is 5.42. The van der Waals surface area contributed by atoms with Crippen LogP contribution in [0.3, 0.4) is 0 Å². The Morgan fingerprint density at radius 1 is 1.00 bits per heavy atom. The summed E-state index contributed by atoms with van der Waals surface area (Å²) in [4.78, 5) is 24.9. The van der Waals surface area contributed by atoms with E-state index in [1.165, 1.54) is 11.6 Å². The number of aromatic nitrogens is 3. The highest BCUT2D eigenvalue weighted by Gasteiger charge is 2.20. The van der Waals surface area contributed by atoms with E-state index in [1.54, 1.807) is 19.2 Å². The number of nitrogens with zero attached hydrogens (tertiary/aromatic N) is 3. The SMILES string of the molecule is CC(C)n1cc2c(c1-c1ccc(Cl)cc1)c(=O)n(C)c(=O)n2C. The molecule has 0 N–H and O–H groups in total. The number of benzene rings is 1. The lowest BCUT2D eigenvalue weighted by Gasteiger charge is -2.13. The number of aryl methyl sites for hydroxylation is 1. The fourth-order valence-corrected chi connectivity index (χ4v) is 2.99. The lowest BCUT2D eigenvalue weighted by atomic mass is 10.1. The minimum Gasteiger partial charge on any atom is -0.342 e. The van der Waals surface area contributed by atoms with E-state index in [0.29, 0.717) is 15.9 Å². The average molecular weight is 332 g/mol. The summed E-state index contributed by atoms with van der Waals surface area (Å²) in [7, 11) is 3.18. The molecule has 120 valence electrons. The molecule has 0 saturated carbocycles. The molecule has 0 bridgehead atoms. The van der Waals surface area contributed by atoms with Gasteiger partial charge in [-0.3, -0.25) is 13.9 Å². The molecule has 2 aromatic heterocycles. The lowest BCUT2D eigenvalue weighted by Crippen LogP contribution is -2.36. The quantitative estimate of drug-likeness (QED) is 0.725. The van der Waals surface area contributed by atoms with Crippen molar-refractivity contribution in [2.24, 2.45) is 14.1 Å². The molecule has 3 aromatic rings. The van der Waals surface area contributed by atoms with Gasteiger partial charge in [-0.2, -0.15) is 0 Å². The molecule has 0 aliphatic heterocycles. The number of hydrogen-bond donors (Lipinski definition) is 0. The van der Waals surface area contributed by atoms with E-state index in [2.05, 4.69) is 0 Å². The van der Waals surface area contributed by atoms with Gasteiger partial charge in [-0.1, -0.05) is 23.7 Å². The van der Waals surface area contributed by atoms with Gasteiger partial charge in [-0.05, 0) is 31.5 Å². The van der Waals surface area contributed by atoms with Crippen molar-refractivity contribution in [3.8, 4) is 11.3 Å². The minimum absolute atomic E-state index is 0.146. The van der Waals surface area contributed by atoms with Crippen molar-refractivity contribution in [3.63, 3.8) is 0 Å². The summed E-state index contributed by atoms with van der Waals surface area (Å²) < 4.78 is 4.68. The Morgan fingerprint density at radius 3 is 2.17 bits per heavy atom. The summed E-state index contributed by atoms with van der Waals surface area (Å²) >= 11 is 5.98. The van der Waals surface area contributed by atoms with E-state index in [4.69, 9.17) is 11.6 Å². The van der Waals surface area contributed by atoms with Crippen LogP contribution in [0.4, 0.5) is 0 Å². The molecule has 0 aliphatic rings. The monoisotopic (exact) mass is 331 g/mol. The molecule has 0 saturated heterocycles. The van der Waals surface area contributed by atoms with Crippen LogP contribution in [0, 0.1) is 0 Å². The first-order valence-corrected chi connectivity index (χ1v) is 7.77. The van der Waals surface area contributed by atoms with Gasteiger partial charge in [0.05, 0.1) is 16.6 Å². The summed E-state index contributed by atoms with van der Waals surface area (Å²) in [5.74, 6) is 0. The second-order valence-electron chi connectivity index (χ2n) is 5.95. The Hall–Kier alpha value is -2.27. The first-order valence-electron chi connectivity index (χ1n) is 7.39. The normalized spacial score (nSPS) is 11.6. The van der Waals surface area contributed by atoms with Crippen molar-refractivity contribution >= 4 is 22.5 Å². The van der Waals surface area contributed by atoms with Gasteiger partial charge in [0, 0.05) is 31.4 Å². The average Bonchev–Trinajstić information content (AvgIpc) is 2.92. The van der Waals surface area contributed by atoms with E-state index in [-0.39, 0.29) is 17.3 Å². The maximum absolute atomic E-state index is 12.7. The summed E-state index contributed by atoms with van der Waals surface area (Å²) in [5, 5.41) is 1.19. The third kappa shape index (κ3) is 2.32. The predicted molar refractivity (Wildman–Crippen MR) is 93.3 cm³/mol. The third-order valence-corrected chi connectivity index (χ3v) is 4.39. The molecule has 1 aromatic carbocycles. The number of rotatable bonds is 2. The van der Waals surface area contributed by atoms with Crippen molar-refractivity contribution in [2.75, 3.05) is 0 Å². The second-order valence-corrected chi connectivity index (χ2v) is 6.39. The lowest BCUT2D eigenvalue weighted by molar-refractivity contribution is 0.610. The molecule has 2 heterocycles. The Labute approximate surface area is 138 Å². The van der Waals surface area contributed by atoms with Crippen molar-refractivity contribution in [2.45, 2.75) is 19.9 Å². The van der Waals surface area contributed by atoms with Crippen LogP contribution in [0.15, 0.2) is 40.1 Å². The smallest absolute Gasteiger partial charge is 0.330 e. The maximum atomic E-state index is 12.7. The molecule has 0 atom stereocenters. The van der Waals surface area contributed by atoms with Crippen LogP contribution in [0.1, 0.15) is 19.9 Å². The molecule has 5 nitrogen and oxygen atoms in total. The number of halogens is 1. The van der Waals surface area contributed by atoms with E-state index in [1.807, 2.05) is 36.7 Å². The van der Waals surface area contributed by atoms with Gasteiger partial charge in [0.25, 0.3) is 5.56 Å².